The van der Waals surface area contributed by atoms with Crippen molar-refractivity contribution in [1.29, 1.82) is 0 Å². The van der Waals surface area contributed by atoms with Crippen molar-refractivity contribution < 1.29 is 4.42 Å². The fourth-order valence-corrected chi connectivity index (χ4v) is 16.0. The van der Waals surface area contributed by atoms with Crippen molar-refractivity contribution >= 4 is 80.0 Å². The molecule has 0 radical (unpaired) electrons. The summed E-state index contributed by atoms with van der Waals surface area (Å²) in [6.45, 7) is 36.9. The lowest BCUT2D eigenvalue weighted by molar-refractivity contribution is 0.194. The van der Waals surface area contributed by atoms with Gasteiger partial charge in [0.05, 0.1) is 22.5 Å². The third-order valence-corrected chi connectivity index (χ3v) is 20.4. The van der Waals surface area contributed by atoms with Gasteiger partial charge in [-0.15, -0.1) is 0 Å². The molecule has 7 aliphatic rings. The van der Waals surface area contributed by atoms with Crippen molar-refractivity contribution in [2.24, 2.45) is 0 Å². The lowest BCUT2D eigenvalue weighted by Gasteiger charge is -2.54. The number of fused-ring (bicyclic) bond motifs is 14. The summed E-state index contributed by atoms with van der Waals surface area (Å²) in [5.41, 5.74) is 25.8. The Morgan fingerprint density at radius 3 is 1.81 bits per heavy atom. The molecule has 3 aliphatic carbocycles. The van der Waals surface area contributed by atoms with Crippen molar-refractivity contribution in [3.05, 3.63) is 135 Å². The monoisotopic (exact) mass is 952 g/mol. The fraction of sp³-hybridized carbons (Fsp3) is 0.463. The van der Waals surface area contributed by atoms with E-state index < -0.39 is 0 Å². The van der Waals surface area contributed by atoms with Gasteiger partial charge in [-0.25, -0.2) is 0 Å². The molecule has 0 spiro atoms. The van der Waals surface area contributed by atoms with Gasteiger partial charge < -0.3 is 19.1 Å². The fourth-order valence-electron chi connectivity index (χ4n) is 16.0. The van der Waals surface area contributed by atoms with Crippen LogP contribution >= 0.6 is 0 Å². The molecule has 0 bridgehead atoms. The maximum absolute atomic E-state index is 7.00. The second-order valence-electron chi connectivity index (χ2n) is 27.7. The van der Waals surface area contributed by atoms with Gasteiger partial charge in [0, 0.05) is 50.2 Å². The second-order valence-corrected chi connectivity index (χ2v) is 27.7. The van der Waals surface area contributed by atoms with Gasteiger partial charge in [0.2, 0.25) is 0 Å². The molecule has 4 unspecified atom stereocenters. The van der Waals surface area contributed by atoms with Gasteiger partial charge in [-0.3, -0.25) is 0 Å². The number of benzene rings is 5. The molecular weight excluding hydrogens is 874 g/mol. The Hall–Kier alpha value is -5.42. The van der Waals surface area contributed by atoms with E-state index in [4.69, 9.17) is 4.42 Å². The smallest absolute Gasteiger partial charge is 0.252 e. The van der Waals surface area contributed by atoms with E-state index in [0.717, 1.165) is 24.2 Å². The Morgan fingerprint density at radius 2 is 1.14 bits per heavy atom. The van der Waals surface area contributed by atoms with Crippen LogP contribution < -0.4 is 31.1 Å². The summed E-state index contributed by atoms with van der Waals surface area (Å²) >= 11 is 0. The zero-order chi connectivity index (χ0) is 50.6. The highest BCUT2D eigenvalue weighted by molar-refractivity contribution is 7.00. The summed E-state index contributed by atoms with van der Waals surface area (Å²) in [7, 11) is 0. The van der Waals surface area contributed by atoms with E-state index >= 15 is 0 Å². The van der Waals surface area contributed by atoms with Crippen LogP contribution in [0, 0.1) is 13.8 Å². The summed E-state index contributed by atoms with van der Waals surface area (Å²) in [6, 6.07) is 28.1. The number of nitrogens with zero attached hydrogens (tertiary/aromatic N) is 3. The molecule has 6 aromatic rings. The quantitative estimate of drug-likeness (QED) is 0.161. The third-order valence-electron chi connectivity index (χ3n) is 20.4. The first kappa shape index (κ1) is 46.4. The number of hydrogen-bond donors (Lipinski definition) is 0. The Morgan fingerprint density at radius 1 is 0.542 bits per heavy atom. The van der Waals surface area contributed by atoms with Crippen molar-refractivity contribution in [2.75, 3.05) is 14.7 Å². The second kappa shape index (κ2) is 14.7. The molecule has 5 aromatic carbocycles. The molecule has 0 N–H and O–H groups in total. The summed E-state index contributed by atoms with van der Waals surface area (Å²) in [5, 5.41) is 1.25. The SMILES string of the molecule is Cc1cc(C(C)(C)C)cc(C)c1N1c2cc(N3c4ccc(C(C)(C)C)cc4C4(C)CCCCC34C)cc3c2B(c2cc(C(C)(C)C)cc4c2N3C2(C)CCCCC42C)c2ccc3oc4c(c3c21)CC=CC=C4. The van der Waals surface area contributed by atoms with Crippen LogP contribution in [0.25, 0.3) is 17.0 Å². The van der Waals surface area contributed by atoms with E-state index in [1.807, 2.05) is 0 Å². The summed E-state index contributed by atoms with van der Waals surface area (Å²) in [4.78, 5) is 8.63. The van der Waals surface area contributed by atoms with Crippen molar-refractivity contribution in [3.63, 3.8) is 0 Å². The number of anilines is 7. The van der Waals surface area contributed by atoms with Crippen LogP contribution in [0.3, 0.4) is 0 Å². The van der Waals surface area contributed by atoms with Gasteiger partial charge in [0.25, 0.3) is 6.71 Å². The predicted molar refractivity (Wildman–Crippen MR) is 309 cm³/mol. The van der Waals surface area contributed by atoms with E-state index in [1.54, 1.807) is 5.56 Å². The minimum atomic E-state index is -0.122. The van der Waals surface area contributed by atoms with Crippen molar-refractivity contribution in [3.8, 4) is 0 Å². The van der Waals surface area contributed by atoms with E-state index in [-0.39, 0.29) is 44.9 Å². The number of hydrogen-bond acceptors (Lipinski definition) is 4. The maximum atomic E-state index is 7.00. The molecule has 72 heavy (non-hydrogen) atoms. The molecule has 4 aliphatic heterocycles. The normalized spacial score (nSPS) is 25.8. The Bertz CT molecular complexity index is 3400. The summed E-state index contributed by atoms with van der Waals surface area (Å²) in [6.07, 6.45) is 19.4. The molecular formula is C67H78BN3O. The molecule has 13 rings (SSSR count). The molecule has 5 heteroatoms. The summed E-state index contributed by atoms with van der Waals surface area (Å²) < 4.78 is 7.00. The molecule has 0 saturated heterocycles. The van der Waals surface area contributed by atoms with Gasteiger partial charge in [0.1, 0.15) is 11.3 Å². The van der Waals surface area contributed by atoms with Crippen LogP contribution in [0.1, 0.15) is 192 Å². The largest absolute Gasteiger partial charge is 0.456 e. The first-order chi connectivity index (χ1) is 33.9. The molecule has 2 fully saturated rings. The lowest BCUT2D eigenvalue weighted by Crippen LogP contribution is -2.64. The van der Waals surface area contributed by atoms with E-state index in [2.05, 4.69) is 210 Å². The highest BCUT2D eigenvalue weighted by atomic mass is 16.3. The van der Waals surface area contributed by atoms with Crippen LogP contribution in [0.5, 0.6) is 0 Å². The highest BCUT2D eigenvalue weighted by Gasteiger charge is 2.63. The number of aryl methyl sites for hydroxylation is 2. The topological polar surface area (TPSA) is 22.9 Å². The molecule has 5 heterocycles. The van der Waals surface area contributed by atoms with Crippen LogP contribution in [0.2, 0.25) is 0 Å². The average molecular weight is 952 g/mol. The Kier molecular flexibility index (Phi) is 9.45. The number of rotatable bonds is 2. The third kappa shape index (κ3) is 5.89. The maximum Gasteiger partial charge on any atom is 0.252 e. The Labute approximate surface area is 432 Å². The minimum absolute atomic E-state index is 0.00790. The van der Waals surface area contributed by atoms with Gasteiger partial charge in [-0.1, -0.05) is 163 Å². The van der Waals surface area contributed by atoms with Crippen LogP contribution in [0.15, 0.2) is 89.4 Å². The molecule has 0 amide bonds. The van der Waals surface area contributed by atoms with Gasteiger partial charge in [-0.05, 0) is 162 Å². The van der Waals surface area contributed by atoms with Crippen molar-refractivity contribution in [1.82, 2.24) is 0 Å². The van der Waals surface area contributed by atoms with Crippen LogP contribution in [-0.2, 0) is 33.5 Å². The highest BCUT2D eigenvalue weighted by Crippen LogP contribution is 2.65. The first-order valence-electron chi connectivity index (χ1n) is 27.9. The van der Waals surface area contributed by atoms with E-state index in [0.29, 0.717) is 0 Å². The van der Waals surface area contributed by atoms with Gasteiger partial charge in [0.15, 0.2) is 0 Å². The number of furan rings is 1. The molecule has 4 atom stereocenters. The van der Waals surface area contributed by atoms with Crippen molar-refractivity contribution in [2.45, 2.75) is 200 Å². The average Bonchev–Trinajstić information content (AvgIpc) is 3.75. The van der Waals surface area contributed by atoms with Crippen LogP contribution in [0.4, 0.5) is 39.8 Å². The zero-order valence-corrected chi connectivity index (χ0v) is 46.4. The molecule has 4 nitrogen and oxygen atoms in total. The number of allylic oxidation sites excluding steroid dienone is 3. The summed E-state index contributed by atoms with van der Waals surface area (Å²) in [5.74, 6) is 0.975. The lowest BCUT2D eigenvalue weighted by atomic mass is 9.33. The molecule has 370 valence electrons. The van der Waals surface area contributed by atoms with Crippen LogP contribution in [-0.4, -0.2) is 17.8 Å². The minimum Gasteiger partial charge on any atom is -0.456 e. The zero-order valence-electron chi connectivity index (χ0n) is 46.4. The standard InChI is InChI=1S/C67H78BN3O/c1-40-33-43(62(6,7)8)34-41(2)58(40)69-52-38-45(70-51-27-25-42(61(3,4)5)35-47(51)64(12)29-19-21-31-66(64,70)14)39-53-57(52)68(49-26-28-55-56(60(49)69)46-23-17-16-18-24-54(46)72-55)50-37-44(63(9,10)11)36-48-59(50)71(53)67(15)32-22-20-30-65(48,67)13/h16-18,24-28,33-39H,19-23,29-32H2,1-15H3. The van der Waals surface area contributed by atoms with Gasteiger partial charge >= 0.3 is 0 Å². The van der Waals surface area contributed by atoms with Gasteiger partial charge in [-0.2, -0.15) is 0 Å². The molecule has 1 aromatic heterocycles. The van der Waals surface area contributed by atoms with E-state index in [1.165, 1.54) is 145 Å². The Balaban J connectivity index is 1.21. The van der Waals surface area contributed by atoms with E-state index in [9.17, 15) is 0 Å². The first-order valence-corrected chi connectivity index (χ1v) is 27.9. The predicted octanol–water partition coefficient (Wildman–Crippen LogP) is 16.2. The molecule has 2 saturated carbocycles.